The Morgan fingerprint density at radius 2 is 1.89 bits per heavy atom. The average molecular weight is 281 g/mol. The van der Waals surface area contributed by atoms with Crippen LogP contribution in [0.2, 0.25) is 0 Å². The summed E-state index contributed by atoms with van der Waals surface area (Å²) in [4.78, 5) is 11.4. The van der Waals surface area contributed by atoms with Crippen molar-refractivity contribution < 1.29 is 27.0 Å². The number of hydrogen-bond donors (Lipinski definition) is 0. The molecule has 0 aromatic rings. The van der Waals surface area contributed by atoms with Gasteiger partial charge in [0.15, 0.2) is 0 Å². The Morgan fingerprint density at radius 3 is 2.33 bits per heavy atom. The lowest BCUT2D eigenvalue weighted by molar-refractivity contribution is -0.888. The molecule has 0 heterocycles. The maximum absolute atomic E-state index is 11.4. The number of likely N-dealkylation sites (N-methyl/N-ethyl adjacent to an activating group) is 1. The number of nitrogens with zero attached hydrogens (tertiary/aromatic N) is 1. The van der Waals surface area contributed by atoms with Crippen LogP contribution < -0.4 is 0 Å². The fraction of sp³-hybridized carbons (Fsp3) is 0.909. The summed E-state index contributed by atoms with van der Waals surface area (Å²) < 4.78 is 37.0. The lowest BCUT2D eigenvalue weighted by atomic mass is 10.1. The average Bonchev–Trinajstić information content (AvgIpc) is 2.24. The first-order valence-electron chi connectivity index (χ1n) is 5.99. The van der Waals surface area contributed by atoms with E-state index in [9.17, 15) is 17.8 Å². The van der Waals surface area contributed by atoms with Crippen molar-refractivity contribution in [2.75, 3.05) is 39.5 Å². The lowest BCUT2D eigenvalue weighted by Gasteiger charge is -2.30. The Morgan fingerprint density at radius 1 is 1.33 bits per heavy atom. The first-order chi connectivity index (χ1) is 8.07. The van der Waals surface area contributed by atoms with Gasteiger partial charge < -0.3 is 13.8 Å². The molecule has 0 spiro atoms. The van der Waals surface area contributed by atoms with Gasteiger partial charge in [0.05, 0.1) is 32.3 Å². The lowest BCUT2D eigenvalue weighted by Crippen LogP contribution is -2.45. The number of quaternary nitrogens is 1. The Hall–Kier alpha value is -0.660. The molecule has 0 fully saturated rings. The van der Waals surface area contributed by atoms with Crippen molar-refractivity contribution in [3.63, 3.8) is 0 Å². The number of hydrogen-bond acceptors (Lipinski definition) is 5. The normalized spacial score (nSPS) is 14.3. The van der Waals surface area contributed by atoms with Gasteiger partial charge in [-0.2, -0.15) is 0 Å². The van der Waals surface area contributed by atoms with Gasteiger partial charge in [-0.05, 0) is 6.42 Å². The topological polar surface area (TPSA) is 83.5 Å². The smallest absolute Gasteiger partial charge is 0.308 e. The maximum atomic E-state index is 11.4. The van der Waals surface area contributed by atoms with E-state index in [1.807, 2.05) is 6.92 Å². The summed E-state index contributed by atoms with van der Waals surface area (Å²) in [5.41, 5.74) is 0. The molecule has 0 amide bonds. The molecule has 0 radical (unpaired) electrons. The number of ether oxygens (including phenoxy) is 1. The van der Waals surface area contributed by atoms with Crippen molar-refractivity contribution in [2.24, 2.45) is 5.92 Å². The molecule has 1 atom stereocenters. The van der Waals surface area contributed by atoms with Crippen LogP contribution in [0.3, 0.4) is 0 Å². The van der Waals surface area contributed by atoms with Gasteiger partial charge in [0.25, 0.3) is 0 Å². The third-order valence-corrected chi connectivity index (χ3v) is 3.58. The van der Waals surface area contributed by atoms with Gasteiger partial charge in [-0.3, -0.25) is 4.79 Å². The summed E-state index contributed by atoms with van der Waals surface area (Å²) in [5.74, 6) is -0.768. The van der Waals surface area contributed by atoms with Gasteiger partial charge in [-0.25, -0.2) is 8.42 Å². The van der Waals surface area contributed by atoms with Crippen molar-refractivity contribution in [3.05, 3.63) is 0 Å². The standard InChI is InChI=1S/C11H23NO5S/c1-5-10(2)11(13)17-8-6-12(3,4)7-9-18(14,15)16/h10H,5-9H2,1-4H3. The van der Waals surface area contributed by atoms with E-state index in [0.29, 0.717) is 11.0 Å². The molecule has 6 nitrogen and oxygen atoms in total. The predicted molar refractivity (Wildman–Crippen MR) is 66.8 cm³/mol. The zero-order valence-corrected chi connectivity index (χ0v) is 12.3. The van der Waals surface area contributed by atoms with Crippen molar-refractivity contribution in [3.8, 4) is 0 Å². The van der Waals surface area contributed by atoms with Crippen LogP contribution in [0.5, 0.6) is 0 Å². The summed E-state index contributed by atoms with van der Waals surface area (Å²) in [5, 5.41) is 0. The molecule has 0 saturated carbocycles. The van der Waals surface area contributed by atoms with Gasteiger partial charge in [0.1, 0.15) is 23.3 Å². The molecule has 0 N–H and O–H groups in total. The second-order valence-corrected chi connectivity index (χ2v) is 6.65. The Balaban J connectivity index is 4.01. The van der Waals surface area contributed by atoms with Gasteiger partial charge in [0, 0.05) is 0 Å². The van der Waals surface area contributed by atoms with Gasteiger partial charge >= 0.3 is 5.97 Å². The molecule has 0 aromatic carbocycles. The van der Waals surface area contributed by atoms with E-state index in [4.69, 9.17) is 4.74 Å². The van der Waals surface area contributed by atoms with Gasteiger partial charge in [-0.15, -0.1) is 0 Å². The third kappa shape index (κ3) is 8.43. The van der Waals surface area contributed by atoms with Crippen molar-refractivity contribution in [2.45, 2.75) is 20.3 Å². The molecule has 7 heteroatoms. The largest absolute Gasteiger partial charge is 0.748 e. The quantitative estimate of drug-likeness (QED) is 0.360. The molecule has 0 aliphatic heterocycles. The fourth-order valence-corrected chi connectivity index (χ4v) is 1.89. The summed E-state index contributed by atoms with van der Waals surface area (Å²) in [6.45, 7) is 4.64. The first-order valence-corrected chi connectivity index (χ1v) is 7.57. The number of rotatable bonds is 8. The second kappa shape index (κ2) is 7.06. The summed E-state index contributed by atoms with van der Waals surface area (Å²) in [6, 6.07) is 0. The number of carbonyl (C=O) groups excluding carboxylic acids is 1. The molecule has 1 unspecified atom stereocenters. The Labute approximate surface area is 109 Å². The molecule has 18 heavy (non-hydrogen) atoms. The van der Waals surface area contributed by atoms with E-state index in [0.717, 1.165) is 6.42 Å². The third-order valence-electron chi connectivity index (χ3n) is 2.90. The highest BCUT2D eigenvalue weighted by Crippen LogP contribution is 2.04. The zero-order valence-electron chi connectivity index (χ0n) is 11.5. The summed E-state index contributed by atoms with van der Waals surface area (Å²) in [6.07, 6.45) is 0.728. The highest BCUT2D eigenvalue weighted by atomic mass is 32.2. The van der Waals surface area contributed by atoms with Crippen molar-refractivity contribution in [1.82, 2.24) is 0 Å². The van der Waals surface area contributed by atoms with Crippen LogP contribution in [-0.4, -0.2) is 63.0 Å². The minimum atomic E-state index is -4.19. The molecular weight excluding hydrogens is 258 g/mol. The zero-order chi connectivity index (χ0) is 14.4. The van der Waals surface area contributed by atoms with Crippen molar-refractivity contribution in [1.29, 1.82) is 0 Å². The van der Waals surface area contributed by atoms with Crippen LogP contribution in [0.1, 0.15) is 20.3 Å². The van der Waals surface area contributed by atoms with E-state index >= 15 is 0 Å². The molecule has 108 valence electrons. The number of esters is 1. The van der Waals surface area contributed by atoms with Crippen LogP contribution in [0.25, 0.3) is 0 Å². The molecule has 0 aromatic heterocycles. The molecule has 0 bridgehead atoms. The summed E-state index contributed by atoms with van der Waals surface area (Å²) >= 11 is 0. The van der Waals surface area contributed by atoms with Crippen LogP contribution in [0, 0.1) is 5.92 Å². The van der Waals surface area contributed by atoms with E-state index in [-0.39, 0.29) is 25.0 Å². The van der Waals surface area contributed by atoms with Crippen LogP contribution in [0.4, 0.5) is 0 Å². The minimum Gasteiger partial charge on any atom is -0.748 e. The predicted octanol–water partition coefficient (Wildman–Crippen LogP) is 0.197. The molecule has 0 aliphatic rings. The highest BCUT2D eigenvalue weighted by Gasteiger charge is 2.18. The second-order valence-electron chi connectivity index (χ2n) is 5.12. The minimum absolute atomic E-state index is 0.123. The van der Waals surface area contributed by atoms with E-state index in [1.54, 1.807) is 21.0 Å². The van der Waals surface area contributed by atoms with Crippen LogP contribution in [0.15, 0.2) is 0 Å². The van der Waals surface area contributed by atoms with Gasteiger partial charge in [-0.1, -0.05) is 13.8 Å². The summed E-state index contributed by atoms with van der Waals surface area (Å²) in [7, 11) is -0.602. The molecular formula is C11H23NO5S. The maximum Gasteiger partial charge on any atom is 0.308 e. The monoisotopic (exact) mass is 281 g/mol. The van der Waals surface area contributed by atoms with E-state index in [1.165, 1.54) is 0 Å². The number of carbonyl (C=O) groups is 1. The van der Waals surface area contributed by atoms with Crippen LogP contribution >= 0.6 is 0 Å². The Kier molecular flexibility index (Phi) is 6.80. The fourth-order valence-electron chi connectivity index (χ4n) is 1.17. The molecule has 0 aliphatic carbocycles. The van der Waals surface area contributed by atoms with E-state index in [2.05, 4.69) is 0 Å². The van der Waals surface area contributed by atoms with E-state index < -0.39 is 15.9 Å². The van der Waals surface area contributed by atoms with Gasteiger partial charge in [0.2, 0.25) is 0 Å². The van der Waals surface area contributed by atoms with Crippen molar-refractivity contribution >= 4 is 16.1 Å². The highest BCUT2D eigenvalue weighted by molar-refractivity contribution is 7.85. The Bertz CT molecular complexity index is 364. The SMILES string of the molecule is CCC(C)C(=O)OCC[N+](C)(C)CCS(=O)(=O)[O-]. The molecule has 0 saturated heterocycles. The first kappa shape index (κ1) is 17.3. The molecule has 0 rings (SSSR count). The van der Waals surface area contributed by atoms with Crippen LogP contribution in [-0.2, 0) is 19.6 Å².